The number of rotatable bonds is 7. The van der Waals surface area contributed by atoms with Gasteiger partial charge in [-0.3, -0.25) is 0 Å². The number of aliphatic hydroxyl groups excluding tert-OH is 2. The smallest absolute Gasteiger partial charge is 0.122 e. The first-order valence-corrected chi connectivity index (χ1v) is 7.03. The number of ether oxygens (including phenoxy) is 1. The SMILES string of the molecule is OCCC(CO)NCCc1ccc2c(c1)CCCO2. The van der Waals surface area contributed by atoms with Gasteiger partial charge in [0.25, 0.3) is 0 Å². The van der Waals surface area contributed by atoms with Crippen molar-refractivity contribution in [3.8, 4) is 5.75 Å². The van der Waals surface area contributed by atoms with Crippen LogP contribution in [0.2, 0.25) is 0 Å². The van der Waals surface area contributed by atoms with Crippen LogP contribution in [0, 0.1) is 0 Å². The first kappa shape index (κ1) is 14.3. The fourth-order valence-electron chi connectivity index (χ4n) is 2.40. The summed E-state index contributed by atoms with van der Waals surface area (Å²) in [6, 6.07) is 6.37. The summed E-state index contributed by atoms with van der Waals surface area (Å²) < 4.78 is 5.59. The summed E-state index contributed by atoms with van der Waals surface area (Å²) in [4.78, 5) is 0. The van der Waals surface area contributed by atoms with Crippen LogP contribution in [-0.4, -0.2) is 42.6 Å². The van der Waals surface area contributed by atoms with Crippen LogP contribution in [0.25, 0.3) is 0 Å². The summed E-state index contributed by atoms with van der Waals surface area (Å²) >= 11 is 0. The zero-order valence-corrected chi connectivity index (χ0v) is 11.3. The maximum atomic E-state index is 9.12. The molecule has 4 nitrogen and oxygen atoms in total. The normalized spacial score (nSPS) is 15.7. The van der Waals surface area contributed by atoms with Crippen molar-refractivity contribution in [1.29, 1.82) is 0 Å². The third-order valence-electron chi connectivity index (χ3n) is 3.52. The van der Waals surface area contributed by atoms with Crippen molar-refractivity contribution in [2.75, 3.05) is 26.4 Å². The van der Waals surface area contributed by atoms with Gasteiger partial charge in [0.2, 0.25) is 0 Å². The molecule has 0 radical (unpaired) electrons. The first-order valence-electron chi connectivity index (χ1n) is 7.03. The van der Waals surface area contributed by atoms with E-state index in [4.69, 9.17) is 14.9 Å². The van der Waals surface area contributed by atoms with E-state index in [-0.39, 0.29) is 19.3 Å². The highest BCUT2D eigenvalue weighted by Crippen LogP contribution is 2.25. The zero-order valence-electron chi connectivity index (χ0n) is 11.3. The Kier molecular flexibility index (Phi) is 5.63. The second-order valence-electron chi connectivity index (χ2n) is 4.99. The molecule has 1 aromatic carbocycles. The average molecular weight is 265 g/mol. The summed E-state index contributed by atoms with van der Waals surface area (Å²) in [5, 5.41) is 21.2. The second-order valence-corrected chi connectivity index (χ2v) is 4.99. The van der Waals surface area contributed by atoms with Crippen molar-refractivity contribution < 1.29 is 14.9 Å². The van der Waals surface area contributed by atoms with E-state index in [0.717, 1.165) is 38.2 Å². The fourth-order valence-corrected chi connectivity index (χ4v) is 2.40. The predicted octanol–water partition coefficient (Wildman–Crippen LogP) is 0.887. The molecule has 0 bridgehead atoms. The van der Waals surface area contributed by atoms with Gasteiger partial charge < -0.3 is 20.3 Å². The van der Waals surface area contributed by atoms with Crippen molar-refractivity contribution in [2.45, 2.75) is 31.7 Å². The Bertz CT molecular complexity index is 395. The molecule has 0 spiro atoms. The molecule has 0 saturated heterocycles. The minimum Gasteiger partial charge on any atom is -0.493 e. The van der Waals surface area contributed by atoms with E-state index in [2.05, 4.69) is 23.5 Å². The lowest BCUT2D eigenvalue weighted by atomic mass is 10.0. The van der Waals surface area contributed by atoms with Gasteiger partial charge in [-0.1, -0.05) is 12.1 Å². The van der Waals surface area contributed by atoms with E-state index in [1.807, 2.05) is 0 Å². The van der Waals surface area contributed by atoms with Crippen LogP contribution in [0.3, 0.4) is 0 Å². The molecule has 0 aromatic heterocycles. The van der Waals surface area contributed by atoms with Crippen LogP contribution in [0.15, 0.2) is 18.2 Å². The van der Waals surface area contributed by atoms with E-state index in [1.165, 1.54) is 11.1 Å². The van der Waals surface area contributed by atoms with E-state index < -0.39 is 0 Å². The van der Waals surface area contributed by atoms with Crippen LogP contribution in [0.4, 0.5) is 0 Å². The molecular formula is C15H23NO3. The van der Waals surface area contributed by atoms with E-state index >= 15 is 0 Å². The molecule has 1 aromatic rings. The lowest BCUT2D eigenvalue weighted by Gasteiger charge is -2.18. The van der Waals surface area contributed by atoms with Crippen LogP contribution in [0.5, 0.6) is 5.75 Å². The maximum absolute atomic E-state index is 9.12. The molecule has 19 heavy (non-hydrogen) atoms. The van der Waals surface area contributed by atoms with E-state index in [0.29, 0.717) is 6.42 Å². The summed E-state index contributed by atoms with van der Waals surface area (Å²) in [5.74, 6) is 1.02. The van der Waals surface area contributed by atoms with Crippen LogP contribution >= 0.6 is 0 Å². The van der Waals surface area contributed by atoms with Crippen molar-refractivity contribution in [3.05, 3.63) is 29.3 Å². The van der Waals surface area contributed by atoms with Gasteiger partial charge in [-0.05, 0) is 49.4 Å². The van der Waals surface area contributed by atoms with Crippen LogP contribution < -0.4 is 10.1 Å². The predicted molar refractivity (Wildman–Crippen MR) is 74.5 cm³/mol. The maximum Gasteiger partial charge on any atom is 0.122 e. The van der Waals surface area contributed by atoms with Gasteiger partial charge in [-0.15, -0.1) is 0 Å². The third-order valence-corrected chi connectivity index (χ3v) is 3.52. The number of aliphatic hydroxyl groups is 2. The monoisotopic (exact) mass is 265 g/mol. The average Bonchev–Trinajstić information content (AvgIpc) is 2.46. The van der Waals surface area contributed by atoms with Gasteiger partial charge in [0.15, 0.2) is 0 Å². The zero-order chi connectivity index (χ0) is 13.5. The lowest BCUT2D eigenvalue weighted by molar-refractivity contribution is 0.201. The van der Waals surface area contributed by atoms with E-state index in [1.54, 1.807) is 0 Å². The largest absolute Gasteiger partial charge is 0.493 e. The summed E-state index contributed by atoms with van der Waals surface area (Å²) in [7, 11) is 0. The molecule has 1 heterocycles. The van der Waals surface area contributed by atoms with Crippen molar-refractivity contribution >= 4 is 0 Å². The molecule has 1 atom stereocenters. The second kappa shape index (κ2) is 7.48. The third kappa shape index (κ3) is 4.20. The molecule has 1 aliphatic heterocycles. The molecule has 106 valence electrons. The molecule has 0 aliphatic carbocycles. The molecular weight excluding hydrogens is 242 g/mol. The molecule has 3 N–H and O–H groups in total. The Morgan fingerprint density at radius 1 is 1.32 bits per heavy atom. The molecule has 0 amide bonds. The van der Waals surface area contributed by atoms with Gasteiger partial charge in [0.05, 0.1) is 13.2 Å². The van der Waals surface area contributed by atoms with Gasteiger partial charge in [-0.2, -0.15) is 0 Å². The van der Waals surface area contributed by atoms with Gasteiger partial charge in [-0.25, -0.2) is 0 Å². The molecule has 1 unspecified atom stereocenters. The Morgan fingerprint density at radius 2 is 2.21 bits per heavy atom. The Hall–Kier alpha value is -1.10. The molecule has 2 rings (SSSR count). The topological polar surface area (TPSA) is 61.7 Å². The molecule has 4 heteroatoms. The standard InChI is InChI=1S/C15H23NO3/c17-8-6-14(11-18)16-7-5-12-3-4-15-13(10-12)2-1-9-19-15/h3-4,10,14,16-18H,1-2,5-9,11H2. The molecule has 1 aliphatic rings. The number of nitrogens with one attached hydrogen (secondary N) is 1. The van der Waals surface area contributed by atoms with E-state index in [9.17, 15) is 0 Å². The quantitative estimate of drug-likeness (QED) is 0.685. The van der Waals surface area contributed by atoms with Crippen molar-refractivity contribution in [1.82, 2.24) is 5.32 Å². The van der Waals surface area contributed by atoms with Crippen molar-refractivity contribution in [2.24, 2.45) is 0 Å². The summed E-state index contributed by atoms with van der Waals surface area (Å²) in [5.41, 5.74) is 2.59. The number of fused-ring (bicyclic) bond motifs is 1. The minimum atomic E-state index is -0.00837. The minimum absolute atomic E-state index is 0.00837. The Labute approximate surface area is 114 Å². The molecule has 0 fully saturated rings. The van der Waals surface area contributed by atoms with Crippen LogP contribution in [0.1, 0.15) is 24.0 Å². The number of hydrogen-bond acceptors (Lipinski definition) is 4. The number of benzene rings is 1. The van der Waals surface area contributed by atoms with Gasteiger partial charge >= 0.3 is 0 Å². The van der Waals surface area contributed by atoms with Gasteiger partial charge in [0.1, 0.15) is 5.75 Å². The Balaban J connectivity index is 1.82. The lowest BCUT2D eigenvalue weighted by Crippen LogP contribution is -2.34. The highest BCUT2D eigenvalue weighted by atomic mass is 16.5. The highest BCUT2D eigenvalue weighted by Gasteiger charge is 2.10. The fraction of sp³-hybridized carbons (Fsp3) is 0.600. The summed E-state index contributed by atoms with van der Waals surface area (Å²) in [6.45, 7) is 1.81. The van der Waals surface area contributed by atoms with Crippen LogP contribution in [-0.2, 0) is 12.8 Å². The van der Waals surface area contributed by atoms with Gasteiger partial charge in [0, 0.05) is 12.6 Å². The molecule has 0 saturated carbocycles. The summed E-state index contributed by atoms with van der Waals surface area (Å²) in [6.07, 6.45) is 3.71. The first-order chi connectivity index (χ1) is 9.33. The number of aryl methyl sites for hydroxylation is 1. The number of hydrogen-bond donors (Lipinski definition) is 3. The van der Waals surface area contributed by atoms with Crippen molar-refractivity contribution in [3.63, 3.8) is 0 Å². The highest BCUT2D eigenvalue weighted by molar-refractivity contribution is 5.38. The Morgan fingerprint density at radius 3 is 3.00 bits per heavy atom.